The summed E-state index contributed by atoms with van der Waals surface area (Å²) in [5.41, 5.74) is 2.93. The molecule has 1 atom stereocenters. The van der Waals surface area contributed by atoms with E-state index in [1.165, 1.54) is 10.3 Å². The van der Waals surface area contributed by atoms with E-state index in [1.807, 2.05) is 42.5 Å². The number of hydrogen-bond acceptors (Lipinski definition) is 5. The van der Waals surface area contributed by atoms with Crippen LogP contribution in [0.4, 0.5) is 0 Å². The molecule has 0 aliphatic carbocycles. The van der Waals surface area contributed by atoms with Gasteiger partial charge < -0.3 is 10.1 Å². The minimum absolute atomic E-state index is 0.0362. The summed E-state index contributed by atoms with van der Waals surface area (Å²) in [6, 6.07) is 16.0. The fourth-order valence-corrected chi connectivity index (χ4v) is 4.95. The molecule has 1 N–H and O–H groups in total. The molecule has 1 saturated heterocycles. The summed E-state index contributed by atoms with van der Waals surface area (Å²) in [6.07, 6.45) is 2.28. The van der Waals surface area contributed by atoms with E-state index in [0.717, 1.165) is 35.1 Å². The van der Waals surface area contributed by atoms with E-state index < -0.39 is 0 Å². The average molecular weight is 385 g/mol. The van der Waals surface area contributed by atoms with Gasteiger partial charge in [-0.25, -0.2) is 4.98 Å². The third-order valence-electron chi connectivity index (χ3n) is 4.37. The molecule has 1 unspecified atom stereocenters. The predicted octanol–water partition coefficient (Wildman–Crippen LogP) is 4.50. The first kappa shape index (κ1) is 17.5. The van der Waals surface area contributed by atoms with Gasteiger partial charge in [0.05, 0.1) is 16.3 Å². The second kappa shape index (κ2) is 8.20. The van der Waals surface area contributed by atoms with Crippen LogP contribution in [0.3, 0.4) is 0 Å². The molecule has 2 heterocycles. The van der Waals surface area contributed by atoms with Crippen molar-refractivity contribution in [3.8, 4) is 0 Å². The van der Waals surface area contributed by atoms with E-state index in [1.54, 1.807) is 23.1 Å². The number of nitrogens with zero attached hydrogens (tertiary/aromatic N) is 1. The highest BCUT2D eigenvalue weighted by Crippen LogP contribution is 2.31. The summed E-state index contributed by atoms with van der Waals surface area (Å²) < 4.78 is 7.82. The van der Waals surface area contributed by atoms with Gasteiger partial charge in [-0.2, -0.15) is 0 Å². The lowest BCUT2D eigenvalue weighted by Crippen LogP contribution is -2.31. The fourth-order valence-electron chi connectivity index (χ4n) is 2.92. The highest BCUT2D eigenvalue weighted by molar-refractivity contribution is 8.00. The zero-order valence-corrected chi connectivity index (χ0v) is 15.9. The average Bonchev–Trinajstić information content (AvgIpc) is 3.34. The van der Waals surface area contributed by atoms with Gasteiger partial charge in [0.15, 0.2) is 4.34 Å². The third kappa shape index (κ3) is 4.26. The van der Waals surface area contributed by atoms with Crippen LogP contribution in [0.2, 0.25) is 0 Å². The van der Waals surface area contributed by atoms with Gasteiger partial charge in [-0.1, -0.05) is 36.0 Å². The molecule has 0 saturated carbocycles. The molecule has 6 heteroatoms. The molecule has 1 aromatic heterocycles. The van der Waals surface area contributed by atoms with Crippen molar-refractivity contribution in [3.63, 3.8) is 0 Å². The van der Waals surface area contributed by atoms with Gasteiger partial charge in [0.1, 0.15) is 0 Å². The Hall–Kier alpha value is -1.89. The summed E-state index contributed by atoms with van der Waals surface area (Å²) in [5.74, 6) is 0.809. The van der Waals surface area contributed by atoms with Crippen LogP contribution in [0.15, 0.2) is 52.9 Å². The molecule has 4 nitrogen and oxygen atoms in total. The fraction of sp³-hybridized carbons (Fsp3) is 0.300. The van der Waals surface area contributed by atoms with E-state index in [9.17, 15) is 4.79 Å². The number of carbonyl (C=O) groups is 1. The summed E-state index contributed by atoms with van der Waals surface area (Å²) in [7, 11) is 0. The Balaban J connectivity index is 1.31. The molecule has 26 heavy (non-hydrogen) atoms. The number of ether oxygens (including phenoxy) is 1. The zero-order chi connectivity index (χ0) is 17.8. The largest absolute Gasteiger partial charge is 0.376 e. The summed E-state index contributed by atoms with van der Waals surface area (Å²) in [4.78, 5) is 16.9. The maximum atomic E-state index is 12.2. The van der Waals surface area contributed by atoms with E-state index in [4.69, 9.17) is 4.74 Å². The first-order valence-electron chi connectivity index (χ1n) is 8.75. The van der Waals surface area contributed by atoms with Crippen LogP contribution in [0.25, 0.3) is 10.2 Å². The number of carbonyl (C=O) groups excluding carboxylic acids is 1. The predicted molar refractivity (Wildman–Crippen MR) is 107 cm³/mol. The van der Waals surface area contributed by atoms with Gasteiger partial charge in [-0.15, -0.1) is 11.3 Å². The molecule has 134 valence electrons. The Kier molecular flexibility index (Phi) is 5.53. The maximum Gasteiger partial charge on any atom is 0.251 e. The lowest BCUT2D eigenvalue weighted by molar-refractivity contribution is 0.0858. The standard InChI is InChI=1S/C20H20N2O2S2/c23-19(21-12-16-4-3-11-24-16)15-9-7-14(8-10-15)13-25-20-22-17-5-1-2-6-18(17)26-20/h1-2,5-10,16H,3-4,11-13H2,(H,21,23). The SMILES string of the molecule is O=C(NCC1CCCO1)c1ccc(CSc2nc3ccccc3s2)cc1. The van der Waals surface area contributed by atoms with Crippen LogP contribution >= 0.6 is 23.1 Å². The number of nitrogens with one attached hydrogen (secondary N) is 1. The Bertz CT molecular complexity index is 853. The van der Waals surface area contributed by atoms with Gasteiger partial charge in [-0.05, 0) is 42.7 Å². The van der Waals surface area contributed by atoms with Crippen molar-refractivity contribution in [2.24, 2.45) is 0 Å². The molecule has 4 rings (SSSR count). The maximum absolute atomic E-state index is 12.2. The molecule has 1 aliphatic heterocycles. The van der Waals surface area contributed by atoms with Gasteiger partial charge in [0, 0.05) is 24.5 Å². The summed E-state index contributed by atoms with van der Waals surface area (Å²) in [5, 5.41) is 2.96. The Morgan fingerprint density at radius 3 is 2.85 bits per heavy atom. The Labute approximate surface area is 161 Å². The van der Waals surface area contributed by atoms with Gasteiger partial charge in [0.2, 0.25) is 0 Å². The topological polar surface area (TPSA) is 51.2 Å². The number of rotatable bonds is 6. The van der Waals surface area contributed by atoms with E-state index in [0.29, 0.717) is 12.1 Å². The molecule has 3 aromatic rings. The molecule has 2 aromatic carbocycles. The van der Waals surface area contributed by atoms with Crippen LogP contribution < -0.4 is 5.32 Å². The van der Waals surface area contributed by atoms with E-state index in [2.05, 4.69) is 16.4 Å². The normalized spacial score (nSPS) is 16.8. The number of para-hydroxylation sites is 1. The molecule has 0 bridgehead atoms. The minimum atomic E-state index is -0.0362. The first-order valence-corrected chi connectivity index (χ1v) is 10.6. The molecule has 1 amide bonds. The van der Waals surface area contributed by atoms with Crippen LogP contribution in [0, 0.1) is 0 Å². The highest BCUT2D eigenvalue weighted by atomic mass is 32.2. The van der Waals surface area contributed by atoms with Crippen LogP contribution in [-0.4, -0.2) is 30.1 Å². The highest BCUT2D eigenvalue weighted by Gasteiger charge is 2.16. The van der Waals surface area contributed by atoms with Crippen molar-refractivity contribution in [2.75, 3.05) is 13.2 Å². The lowest BCUT2D eigenvalue weighted by atomic mass is 10.1. The molecular formula is C20H20N2O2S2. The number of amides is 1. The first-order chi connectivity index (χ1) is 12.8. The number of aromatic nitrogens is 1. The molecule has 0 radical (unpaired) electrons. The van der Waals surface area contributed by atoms with Crippen LogP contribution in [-0.2, 0) is 10.5 Å². The molecule has 1 fully saturated rings. The monoisotopic (exact) mass is 384 g/mol. The zero-order valence-electron chi connectivity index (χ0n) is 14.3. The summed E-state index contributed by atoms with van der Waals surface area (Å²) in [6.45, 7) is 1.40. The van der Waals surface area contributed by atoms with Gasteiger partial charge >= 0.3 is 0 Å². The Morgan fingerprint density at radius 2 is 2.08 bits per heavy atom. The van der Waals surface area contributed by atoms with Gasteiger partial charge in [0.25, 0.3) is 5.91 Å². The molecular weight excluding hydrogens is 364 g/mol. The third-order valence-corrected chi connectivity index (χ3v) is 6.62. The van der Waals surface area contributed by atoms with Crippen molar-refractivity contribution >= 4 is 39.2 Å². The van der Waals surface area contributed by atoms with Crippen molar-refractivity contribution in [2.45, 2.75) is 29.0 Å². The van der Waals surface area contributed by atoms with Crippen molar-refractivity contribution in [1.82, 2.24) is 10.3 Å². The van der Waals surface area contributed by atoms with E-state index >= 15 is 0 Å². The molecule has 1 aliphatic rings. The Morgan fingerprint density at radius 1 is 1.23 bits per heavy atom. The van der Waals surface area contributed by atoms with Crippen LogP contribution in [0.1, 0.15) is 28.8 Å². The minimum Gasteiger partial charge on any atom is -0.376 e. The number of benzene rings is 2. The summed E-state index contributed by atoms with van der Waals surface area (Å²) >= 11 is 3.45. The van der Waals surface area contributed by atoms with E-state index in [-0.39, 0.29) is 12.0 Å². The lowest BCUT2D eigenvalue weighted by Gasteiger charge is -2.11. The van der Waals surface area contributed by atoms with Crippen molar-refractivity contribution < 1.29 is 9.53 Å². The van der Waals surface area contributed by atoms with Crippen molar-refractivity contribution in [3.05, 3.63) is 59.7 Å². The van der Waals surface area contributed by atoms with Gasteiger partial charge in [-0.3, -0.25) is 4.79 Å². The second-order valence-electron chi connectivity index (χ2n) is 6.28. The smallest absolute Gasteiger partial charge is 0.251 e. The molecule has 0 spiro atoms. The van der Waals surface area contributed by atoms with Crippen LogP contribution in [0.5, 0.6) is 0 Å². The number of fused-ring (bicyclic) bond motifs is 1. The second-order valence-corrected chi connectivity index (χ2v) is 8.53. The number of hydrogen-bond donors (Lipinski definition) is 1. The number of thioether (sulfide) groups is 1. The quantitative estimate of drug-likeness (QED) is 0.636. The number of thiazole rings is 1. The van der Waals surface area contributed by atoms with Crippen molar-refractivity contribution in [1.29, 1.82) is 0 Å².